The highest BCUT2D eigenvalue weighted by atomic mass is 19.3. The molecule has 0 spiro atoms. The lowest BCUT2D eigenvalue weighted by Crippen LogP contribution is -2.18. The molecule has 0 saturated carbocycles. The van der Waals surface area contributed by atoms with Crippen LogP contribution in [0.1, 0.15) is 12.0 Å². The van der Waals surface area contributed by atoms with Crippen molar-refractivity contribution in [1.82, 2.24) is 4.98 Å². The Morgan fingerprint density at radius 2 is 2.00 bits per heavy atom. The van der Waals surface area contributed by atoms with Crippen molar-refractivity contribution in [2.24, 2.45) is 5.73 Å². The van der Waals surface area contributed by atoms with Crippen molar-refractivity contribution in [2.45, 2.75) is 12.3 Å². The van der Waals surface area contributed by atoms with E-state index >= 15 is 0 Å². The Balaban J connectivity index is 2.52. The lowest BCUT2D eigenvalue weighted by molar-refractivity contribution is -0.00911. The van der Waals surface area contributed by atoms with Crippen LogP contribution in [-0.2, 0) is 5.92 Å². The Hall–Kier alpha value is -1.42. The molecule has 4 heteroatoms. The van der Waals surface area contributed by atoms with E-state index in [2.05, 4.69) is 4.98 Å². The van der Waals surface area contributed by atoms with Crippen LogP contribution in [-0.4, -0.2) is 11.5 Å². The number of hydrogen-bond donors (Lipinski definition) is 2. The second-order valence-corrected chi connectivity index (χ2v) is 3.49. The SMILES string of the molecule is NCCC(F)(F)c1c[nH]c2ccccc12. The van der Waals surface area contributed by atoms with Crippen molar-refractivity contribution >= 4 is 10.9 Å². The summed E-state index contributed by atoms with van der Waals surface area (Å²) in [6.07, 6.45) is 1.04. The number of para-hydroxylation sites is 1. The zero-order valence-corrected chi connectivity index (χ0v) is 8.13. The van der Waals surface area contributed by atoms with Gasteiger partial charge in [-0.05, 0) is 12.6 Å². The van der Waals surface area contributed by atoms with E-state index in [0.717, 1.165) is 5.52 Å². The fraction of sp³-hybridized carbons (Fsp3) is 0.273. The van der Waals surface area contributed by atoms with Gasteiger partial charge in [0.2, 0.25) is 0 Å². The molecule has 2 rings (SSSR count). The minimum absolute atomic E-state index is 0.0213. The first-order chi connectivity index (χ1) is 7.15. The van der Waals surface area contributed by atoms with Crippen molar-refractivity contribution in [1.29, 1.82) is 0 Å². The smallest absolute Gasteiger partial charge is 0.276 e. The van der Waals surface area contributed by atoms with Gasteiger partial charge in [-0.3, -0.25) is 0 Å². The zero-order chi connectivity index (χ0) is 10.9. The summed E-state index contributed by atoms with van der Waals surface area (Å²) in [5.74, 6) is -2.85. The third-order valence-electron chi connectivity index (χ3n) is 2.44. The Kier molecular flexibility index (Phi) is 2.44. The number of hydrogen-bond acceptors (Lipinski definition) is 1. The predicted molar refractivity (Wildman–Crippen MR) is 55.9 cm³/mol. The second kappa shape index (κ2) is 3.62. The monoisotopic (exact) mass is 210 g/mol. The molecule has 0 radical (unpaired) electrons. The number of aromatic nitrogens is 1. The summed E-state index contributed by atoms with van der Waals surface area (Å²) in [7, 11) is 0. The van der Waals surface area contributed by atoms with Crippen LogP contribution in [0.4, 0.5) is 8.78 Å². The highest BCUT2D eigenvalue weighted by molar-refractivity contribution is 5.83. The Morgan fingerprint density at radius 1 is 1.27 bits per heavy atom. The normalized spacial score (nSPS) is 12.2. The minimum Gasteiger partial charge on any atom is -0.361 e. The van der Waals surface area contributed by atoms with Crippen molar-refractivity contribution < 1.29 is 8.78 Å². The molecular weight excluding hydrogens is 198 g/mol. The average Bonchev–Trinajstić information content (AvgIpc) is 2.61. The van der Waals surface area contributed by atoms with Crippen LogP contribution in [0.5, 0.6) is 0 Å². The first-order valence-electron chi connectivity index (χ1n) is 4.79. The third-order valence-corrected chi connectivity index (χ3v) is 2.44. The van der Waals surface area contributed by atoms with Gasteiger partial charge in [-0.25, -0.2) is 8.78 Å². The van der Waals surface area contributed by atoms with Gasteiger partial charge in [0.05, 0.1) is 0 Å². The zero-order valence-electron chi connectivity index (χ0n) is 8.13. The summed E-state index contributed by atoms with van der Waals surface area (Å²) in [6.45, 7) is -0.0213. The predicted octanol–water partition coefficient (Wildman–Crippen LogP) is 2.61. The second-order valence-electron chi connectivity index (χ2n) is 3.49. The molecule has 0 bridgehead atoms. The Labute approximate surface area is 86.1 Å². The molecule has 1 aromatic carbocycles. The first-order valence-corrected chi connectivity index (χ1v) is 4.79. The summed E-state index contributed by atoms with van der Waals surface area (Å²) in [4.78, 5) is 2.83. The fourth-order valence-electron chi connectivity index (χ4n) is 1.69. The van der Waals surface area contributed by atoms with Crippen LogP contribution >= 0.6 is 0 Å². The Bertz CT molecular complexity index is 462. The van der Waals surface area contributed by atoms with E-state index in [0.29, 0.717) is 5.39 Å². The molecule has 2 nitrogen and oxygen atoms in total. The fourth-order valence-corrected chi connectivity index (χ4v) is 1.69. The summed E-state index contributed by atoms with van der Waals surface area (Å²) in [6, 6.07) is 7.02. The lowest BCUT2D eigenvalue weighted by Gasteiger charge is -2.14. The molecule has 0 atom stereocenters. The van der Waals surface area contributed by atoms with Gasteiger partial charge in [0, 0.05) is 29.1 Å². The van der Waals surface area contributed by atoms with E-state index in [1.165, 1.54) is 6.20 Å². The van der Waals surface area contributed by atoms with Crippen LogP contribution in [0.25, 0.3) is 10.9 Å². The van der Waals surface area contributed by atoms with Crippen molar-refractivity contribution in [2.75, 3.05) is 6.54 Å². The lowest BCUT2D eigenvalue weighted by atomic mass is 10.0. The van der Waals surface area contributed by atoms with Crippen LogP contribution in [0.3, 0.4) is 0 Å². The van der Waals surface area contributed by atoms with Gasteiger partial charge in [-0.2, -0.15) is 0 Å². The molecule has 0 aliphatic rings. The third kappa shape index (κ3) is 1.72. The van der Waals surface area contributed by atoms with Crippen LogP contribution in [0.15, 0.2) is 30.5 Å². The van der Waals surface area contributed by atoms with E-state index in [4.69, 9.17) is 5.73 Å². The topological polar surface area (TPSA) is 41.8 Å². The molecular formula is C11H12F2N2. The maximum atomic E-state index is 13.6. The van der Waals surface area contributed by atoms with E-state index in [-0.39, 0.29) is 18.5 Å². The number of nitrogens with one attached hydrogen (secondary N) is 1. The molecule has 0 aliphatic carbocycles. The number of benzene rings is 1. The average molecular weight is 210 g/mol. The van der Waals surface area contributed by atoms with Gasteiger partial charge in [0.1, 0.15) is 0 Å². The maximum Gasteiger partial charge on any atom is 0.276 e. The molecule has 3 N–H and O–H groups in total. The van der Waals surface area contributed by atoms with Crippen molar-refractivity contribution in [3.63, 3.8) is 0 Å². The molecule has 1 aromatic heterocycles. The van der Waals surface area contributed by atoms with Gasteiger partial charge in [-0.15, -0.1) is 0 Å². The molecule has 80 valence electrons. The first kappa shape index (κ1) is 10.1. The highest BCUT2D eigenvalue weighted by Crippen LogP contribution is 2.35. The minimum atomic E-state index is -2.85. The van der Waals surface area contributed by atoms with E-state index in [9.17, 15) is 8.78 Å². The number of aromatic amines is 1. The van der Waals surface area contributed by atoms with E-state index in [1.54, 1.807) is 18.2 Å². The summed E-state index contributed by atoms with van der Waals surface area (Å²) in [5.41, 5.74) is 5.93. The van der Waals surface area contributed by atoms with Crippen LogP contribution < -0.4 is 5.73 Å². The molecule has 2 aromatic rings. The van der Waals surface area contributed by atoms with Gasteiger partial charge < -0.3 is 10.7 Å². The molecule has 0 unspecified atom stereocenters. The van der Waals surface area contributed by atoms with Gasteiger partial charge >= 0.3 is 0 Å². The van der Waals surface area contributed by atoms with E-state index < -0.39 is 5.92 Å². The maximum absolute atomic E-state index is 13.6. The molecule has 15 heavy (non-hydrogen) atoms. The largest absolute Gasteiger partial charge is 0.361 e. The quantitative estimate of drug-likeness (QED) is 0.803. The number of H-pyrrole nitrogens is 1. The van der Waals surface area contributed by atoms with Crippen LogP contribution in [0.2, 0.25) is 0 Å². The number of alkyl halides is 2. The number of halogens is 2. The molecule has 1 heterocycles. The van der Waals surface area contributed by atoms with E-state index in [1.807, 2.05) is 6.07 Å². The van der Waals surface area contributed by atoms with Crippen molar-refractivity contribution in [3.8, 4) is 0 Å². The standard InChI is InChI=1S/C11H12F2N2/c12-11(13,5-6-14)9-7-15-10-4-2-1-3-8(9)10/h1-4,7,15H,5-6,14H2. The summed E-state index contributed by atoms with van der Waals surface area (Å²) in [5, 5.41) is 0.566. The number of rotatable bonds is 3. The summed E-state index contributed by atoms with van der Waals surface area (Å²) < 4.78 is 27.2. The summed E-state index contributed by atoms with van der Waals surface area (Å²) >= 11 is 0. The van der Waals surface area contributed by atoms with Gasteiger partial charge in [0.25, 0.3) is 5.92 Å². The Morgan fingerprint density at radius 3 is 2.73 bits per heavy atom. The molecule has 0 amide bonds. The molecule has 0 fully saturated rings. The number of nitrogens with two attached hydrogens (primary N) is 1. The molecule has 0 saturated heterocycles. The molecule has 0 aliphatic heterocycles. The van der Waals surface area contributed by atoms with Gasteiger partial charge in [0.15, 0.2) is 0 Å². The van der Waals surface area contributed by atoms with Gasteiger partial charge in [-0.1, -0.05) is 18.2 Å². The number of fused-ring (bicyclic) bond motifs is 1. The highest BCUT2D eigenvalue weighted by Gasteiger charge is 2.32. The van der Waals surface area contributed by atoms with Crippen molar-refractivity contribution in [3.05, 3.63) is 36.0 Å². The van der Waals surface area contributed by atoms with Crippen LogP contribution in [0, 0.1) is 0 Å².